The minimum atomic E-state index is -0.816. The molecule has 2 aliphatic rings. The van der Waals surface area contributed by atoms with Crippen LogP contribution in [0.4, 0.5) is 10.5 Å². The van der Waals surface area contributed by atoms with Gasteiger partial charge in [0, 0.05) is 45.3 Å². The normalized spacial score (nSPS) is 19.0. The number of amides is 4. The number of hydrogen-bond donors (Lipinski definition) is 2. The number of nitrogens with one attached hydrogen (secondary N) is 1. The van der Waals surface area contributed by atoms with Gasteiger partial charge in [0.2, 0.25) is 11.8 Å². The highest BCUT2D eigenvalue weighted by molar-refractivity contribution is 5.91. The highest BCUT2D eigenvalue weighted by atomic mass is 16.3. The van der Waals surface area contributed by atoms with E-state index in [4.69, 9.17) is 0 Å². The first kappa shape index (κ1) is 29.9. The van der Waals surface area contributed by atoms with Crippen LogP contribution < -0.4 is 10.2 Å². The summed E-state index contributed by atoms with van der Waals surface area (Å²) >= 11 is 0. The van der Waals surface area contributed by atoms with Crippen LogP contribution in [0.2, 0.25) is 0 Å². The van der Waals surface area contributed by atoms with Crippen molar-refractivity contribution < 1.29 is 19.5 Å². The number of aromatic hydroxyl groups is 1. The Morgan fingerprint density at radius 3 is 2.35 bits per heavy atom. The maximum atomic E-state index is 14.2. The first-order chi connectivity index (χ1) is 20.6. The molecule has 0 bridgehead atoms. The lowest BCUT2D eigenvalue weighted by Crippen LogP contribution is -2.76. The van der Waals surface area contributed by atoms with Gasteiger partial charge in [-0.05, 0) is 48.7 Å². The number of likely N-dealkylation sites (N-methyl/N-ethyl adjacent to an activating group) is 1. The highest BCUT2D eigenvalue weighted by Crippen LogP contribution is 2.31. The van der Waals surface area contributed by atoms with Gasteiger partial charge in [-0.15, -0.1) is 0 Å². The van der Waals surface area contributed by atoms with Crippen molar-refractivity contribution in [3.63, 3.8) is 0 Å². The predicted octanol–water partition coefficient (Wildman–Crippen LogP) is 3.42. The Morgan fingerprint density at radius 2 is 1.65 bits per heavy atom. The smallest absolute Gasteiger partial charge is 0.334 e. The largest absolute Gasteiger partial charge is 0.508 e. The molecule has 2 atom stereocenters. The summed E-state index contributed by atoms with van der Waals surface area (Å²) in [6, 6.07) is 23.4. The number of piperazine rings is 1. The summed E-state index contributed by atoms with van der Waals surface area (Å²) in [5.41, 5.74) is 3.78. The second-order valence-electron chi connectivity index (χ2n) is 11.5. The number of benzene rings is 3. The molecule has 3 aromatic carbocycles. The Labute approximate surface area is 253 Å². The average molecular weight is 585 g/mol. The molecular weight excluding hydrogens is 544 g/mol. The van der Waals surface area contributed by atoms with E-state index in [9.17, 15) is 19.5 Å². The average Bonchev–Trinajstić information content (AvgIpc) is 2.99. The molecule has 0 saturated carbocycles. The third kappa shape index (κ3) is 6.44. The quantitative estimate of drug-likeness (QED) is 0.421. The number of carbonyl (C=O) groups is 3. The van der Waals surface area contributed by atoms with Crippen LogP contribution in [-0.2, 0) is 29.1 Å². The Hall–Kier alpha value is -4.57. The van der Waals surface area contributed by atoms with Crippen LogP contribution in [0, 0.1) is 0 Å². The lowest BCUT2D eigenvalue weighted by Gasteiger charge is -2.54. The molecule has 3 aromatic rings. The van der Waals surface area contributed by atoms with Crippen molar-refractivity contribution >= 4 is 23.5 Å². The second kappa shape index (κ2) is 12.7. The van der Waals surface area contributed by atoms with E-state index in [2.05, 4.69) is 24.1 Å². The van der Waals surface area contributed by atoms with Crippen molar-refractivity contribution in [1.82, 2.24) is 25.1 Å². The standard InChI is InChI=1S/C33H40N6O4/c1-23(2)36(4)28-13-9-8-12-26(28)20-37-21-30-38(29(32(37)42)18-24-14-16-27(40)17-15-24)31(41)22-35(3)39(30)33(43)34-19-25-10-6-5-7-11-25/h5-17,23,29-30,40H,18-22H2,1-4H3,(H,34,43)/t29-,30+/m0/s1. The number of fused-ring (bicyclic) bond motifs is 1. The maximum absolute atomic E-state index is 14.2. The van der Waals surface area contributed by atoms with Gasteiger partial charge in [0.15, 0.2) is 0 Å². The van der Waals surface area contributed by atoms with Gasteiger partial charge in [-0.1, -0.05) is 60.7 Å². The van der Waals surface area contributed by atoms with E-state index in [0.717, 1.165) is 22.4 Å². The monoisotopic (exact) mass is 584 g/mol. The number of para-hydroxylation sites is 1. The number of urea groups is 1. The van der Waals surface area contributed by atoms with Gasteiger partial charge in [0.05, 0.1) is 13.1 Å². The van der Waals surface area contributed by atoms with E-state index >= 15 is 0 Å². The van der Waals surface area contributed by atoms with Gasteiger partial charge >= 0.3 is 6.03 Å². The van der Waals surface area contributed by atoms with E-state index in [1.54, 1.807) is 51.1 Å². The van der Waals surface area contributed by atoms with E-state index < -0.39 is 12.2 Å². The summed E-state index contributed by atoms with van der Waals surface area (Å²) < 4.78 is 0. The Kier molecular flexibility index (Phi) is 8.86. The summed E-state index contributed by atoms with van der Waals surface area (Å²) in [5.74, 6) is -0.258. The summed E-state index contributed by atoms with van der Waals surface area (Å²) in [5, 5.41) is 16.0. The zero-order valence-corrected chi connectivity index (χ0v) is 25.2. The fraction of sp³-hybridized carbons (Fsp3) is 0.364. The topological polar surface area (TPSA) is 99.7 Å². The van der Waals surface area contributed by atoms with Crippen LogP contribution in [0.25, 0.3) is 0 Å². The summed E-state index contributed by atoms with van der Waals surface area (Å²) in [7, 11) is 3.75. The molecule has 5 rings (SSSR count). The van der Waals surface area contributed by atoms with Crippen LogP contribution in [-0.4, -0.2) is 88.2 Å². The van der Waals surface area contributed by atoms with Crippen molar-refractivity contribution in [2.75, 3.05) is 32.1 Å². The number of carbonyl (C=O) groups excluding carboxylic acids is 3. The van der Waals surface area contributed by atoms with Crippen molar-refractivity contribution in [3.8, 4) is 5.75 Å². The van der Waals surface area contributed by atoms with Crippen LogP contribution in [0.15, 0.2) is 78.9 Å². The molecule has 2 N–H and O–H groups in total. The molecule has 10 heteroatoms. The SMILES string of the molecule is CC(C)N(C)c1ccccc1CN1C[C@@H]2N(C(=O)CN(C)N2C(=O)NCc2ccccc2)[C@@H](Cc2ccc(O)cc2)C1=O. The van der Waals surface area contributed by atoms with Gasteiger partial charge in [0.1, 0.15) is 18.0 Å². The van der Waals surface area contributed by atoms with E-state index in [1.807, 2.05) is 61.6 Å². The molecule has 2 aliphatic heterocycles. The number of phenolic OH excluding ortho intramolecular Hbond substituents is 1. The number of hydrazine groups is 1. The Bertz CT molecular complexity index is 1450. The molecule has 0 unspecified atom stereocenters. The first-order valence-electron chi connectivity index (χ1n) is 14.6. The molecule has 10 nitrogen and oxygen atoms in total. The van der Waals surface area contributed by atoms with Gasteiger partial charge in [-0.2, -0.15) is 0 Å². The lowest BCUT2D eigenvalue weighted by atomic mass is 9.98. The van der Waals surface area contributed by atoms with Crippen LogP contribution >= 0.6 is 0 Å². The Morgan fingerprint density at radius 1 is 0.977 bits per heavy atom. The fourth-order valence-electron chi connectivity index (χ4n) is 5.83. The third-order valence-electron chi connectivity index (χ3n) is 8.31. The summed E-state index contributed by atoms with van der Waals surface area (Å²) in [4.78, 5) is 47.0. The van der Waals surface area contributed by atoms with Gasteiger partial charge in [0.25, 0.3) is 0 Å². The fourth-order valence-corrected chi connectivity index (χ4v) is 5.83. The summed E-state index contributed by atoms with van der Waals surface area (Å²) in [6.07, 6.45) is -0.439. The van der Waals surface area contributed by atoms with E-state index in [1.165, 1.54) is 0 Å². The van der Waals surface area contributed by atoms with Gasteiger partial charge < -0.3 is 25.1 Å². The minimum absolute atomic E-state index is 0.0311. The van der Waals surface area contributed by atoms with Crippen molar-refractivity contribution in [1.29, 1.82) is 0 Å². The number of phenols is 1. The van der Waals surface area contributed by atoms with Crippen LogP contribution in [0.5, 0.6) is 5.75 Å². The molecular formula is C33H40N6O4. The molecule has 226 valence electrons. The highest BCUT2D eigenvalue weighted by Gasteiger charge is 2.50. The molecule has 2 fully saturated rings. The van der Waals surface area contributed by atoms with Crippen molar-refractivity contribution in [3.05, 3.63) is 95.6 Å². The van der Waals surface area contributed by atoms with Gasteiger partial charge in [-0.3, -0.25) is 9.59 Å². The van der Waals surface area contributed by atoms with Crippen molar-refractivity contribution in [2.45, 2.75) is 51.6 Å². The molecule has 43 heavy (non-hydrogen) atoms. The molecule has 4 amide bonds. The van der Waals surface area contributed by atoms with Crippen LogP contribution in [0.3, 0.4) is 0 Å². The third-order valence-corrected chi connectivity index (χ3v) is 8.31. The summed E-state index contributed by atoms with van der Waals surface area (Å²) in [6.45, 7) is 5.03. The molecule has 0 aromatic heterocycles. The van der Waals surface area contributed by atoms with E-state index in [-0.39, 0.29) is 49.1 Å². The second-order valence-corrected chi connectivity index (χ2v) is 11.5. The zero-order chi connectivity index (χ0) is 30.7. The number of hydrogen-bond acceptors (Lipinski definition) is 6. The van der Waals surface area contributed by atoms with Crippen LogP contribution in [0.1, 0.15) is 30.5 Å². The van der Waals surface area contributed by atoms with E-state index in [0.29, 0.717) is 13.1 Å². The number of rotatable bonds is 8. The number of anilines is 1. The minimum Gasteiger partial charge on any atom is -0.508 e. The molecule has 2 saturated heterocycles. The zero-order valence-electron chi connectivity index (χ0n) is 25.2. The first-order valence-corrected chi connectivity index (χ1v) is 14.6. The van der Waals surface area contributed by atoms with Gasteiger partial charge in [-0.25, -0.2) is 14.8 Å². The predicted molar refractivity (Wildman–Crippen MR) is 165 cm³/mol. The molecule has 0 aliphatic carbocycles. The lowest BCUT2D eigenvalue weighted by molar-refractivity contribution is -0.187. The number of nitrogens with zero attached hydrogens (tertiary/aromatic N) is 5. The molecule has 0 spiro atoms. The maximum Gasteiger partial charge on any atom is 0.334 e. The molecule has 2 heterocycles. The Balaban J connectivity index is 1.48. The molecule has 0 radical (unpaired) electrons. The van der Waals surface area contributed by atoms with Crippen molar-refractivity contribution in [2.24, 2.45) is 0 Å².